The van der Waals surface area contributed by atoms with Gasteiger partial charge in [-0.2, -0.15) is 13.2 Å². The maximum atomic E-state index is 13.3. The van der Waals surface area contributed by atoms with Crippen molar-refractivity contribution in [1.82, 2.24) is 4.90 Å². The summed E-state index contributed by atoms with van der Waals surface area (Å²) in [6.45, 7) is 2.77. The molecule has 2 rings (SSSR count). The lowest BCUT2D eigenvalue weighted by Crippen LogP contribution is -2.34. The van der Waals surface area contributed by atoms with E-state index in [1.165, 1.54) is 38.1 Å². The Morgan fingerprint density at radius 2 is 1.88 bits per heavy atom. The molecule has 9 heteroatoms. The van der Waals surface area contributed by atoms with Crippen LogP contribution >= 0.6 is 0 Å². The van der Waals surface area contributed by atoms with Crippen molar-refractivity contribution in [3.8, 4) is 0 Å². The number of amides is 1. The van der Waals surface area contributed by atoms with Gasteiger partial charge in [0.15, 0.2) is 0 Å². The lowest BCUT2D eigenvalue weighted by Gasteiger charge is -2.29. The second kappa shape index (κ2) is 6.58. The maximum Gasteiger partial charge on any atom is 0.418 e. The van der Waals surface area contributed by atoms with Crippen molar-refractivity contribution in [2.24, 2.45) is 0 Å². The molecule has 0 aliphatic carbocycles. The van der Waals surface area contributed by atoms with Crippen LogP contribution < -0.4 is 0 Å². The Hall–Kier alpha value is -2.84. The van der Waals surface area contributed by atoms with Gasteiger partial charge in [-0.15, -0.1) is 0 Å². The lowest BCUT2D eigenvalue weighted by molar-refractivity contribution is -0.431. The molecule has 0 spiro atoms. The fourth-order valence-electron chi connectivity index (χ4n) is 2.88. The van der Waals surface area contributed by atoms with Crippen LogP contribution in [0.4, 0.5) is 18.0 Å². The van der Waals surface area contributed by atoms with Gasteiger partial charge in [0.1, 0.15) is 0 Å². The summed E-state index contributed by atoms with van der Waals surface area (Å²) in [6.07, 6.45) is -4.26. The monoisotopic (exact) mass is 356 g/mol. The number of rotatable bonds is 2. The number of hydrogen-bond acceptors (Lipinski definition) is 4. The number of alkyl halides is 3. The Balaban J connectivity index is 2.69. The number of nitrogens with zero attached hydrogens (tertiary/aromatic N) is 2. The molecule has 6 nitrogen and oxygen atoms in total. The van der Waals surface area contributed by atoms with Gasteiger partial charge in [0.05, 0.1) is 29.2 Å². The highest BCUT2D eigenvalue weighted by Crippen LogP contribution is 2.42. The molecule has 25 heavy (non-hydrogen) atoms. The second-order valence-corrected chi connectivity index (χ2v) is 5.40. The van der Waals surface area contributed by atoms with Crippen LogP contribution in [-0.2, 0) is 10.9 Å². The highest BCUT2D eigenvalue weighted by molar-refractivity contribution is 5.73. The molecule has 134 valence electrons. The van der Waals surface area contributed by atoms with Gasteiger partial charge in [-0.05, 0) is 31.6 Å². The SMILES string of the molecule is COC(=O)N1C(C)=CC(c2ccccc2C(F)(F)F)C([N+](=O)[O-])=C1C. The van der Waals surface area contributed by atoms with Crippen LogP contribution in [-0.4, -0.2) is 23.0 Å². The van der Waals surface area contributed by atoms with Gasteiger partial charge >= 0.3 is 12.3 Å². The molecule has 0 aromatic heterocycles. The molecule has 1 heterocycles. The topological polar surface area (TPSA) is 72.7 Å². The zero-order chi connectivity index (χ0) is 18.9. The molecular weight excluding hydrogens is 341 g/mol. The van der Waals surface area contributed by atoms with Crippen molar-refractivity contribution in [3.63, 3.8) is 0 Å². The molecular formula is C16H15F3N2O4. The van der Waals surface area contributed by atoms with Crippen molar-refractivity contribution in [3.05, 3.63) is 68.7 Å². The maximum absolute atomic E-state index is 13.3. The molecule has 1 aromatic carbocycles. The number of halogens is 3. The van der Waals surface area contributed by atoms with Gasteiger partial charge in [0.2, 0.25) is 0 Å². The van der Waals surface area contributed by atoms with Crippen molar-refractivity contribution in [2.45, 2.75) is 25.9 Å². The average Bonchev–Trinajstić information content (AvgIpc) is 2.52. The first-order valence-electron chi connectivity index (χ1n) is 7.17. The van der Waals surface area contributed by atoms with Crippen LogP contribution in [0.5, 0.6) is 0 Å². The van der Waals surface area contributed by atoms with E-state index < -0.39 is 34.4 Å². The predicted molar refractivity (Wildman–Crippen MR) is 81.9 cm³/mol. The third kappa shape index (κ3) is 3.35. The Labute approximate surface area is 141 Å². The first-order valence-corrected chi connectivity index (χ1v) is 7.17. The number of benzene rings is 1. The number of ether oxygens (including phenoxy) is 1. The molecule has 0 saturated heterocycles. The Morgan fingerprint density at radius 1 is 1.28 bits per heavy atom. The Morgan fingerprint density at radius 3 is 2.40 bits per heavy atom. The molecule has 1 amide bonds. The van der Waals surface area contributed by atoms with Gasteiger partial charge in [0.25, 0.3) is 5.70 Å². The minimum absolute atomic E-state index is 0.0844. The highest BCUT2D eigenvalue weighted by Gasteiger charge is 2.42. The number of carbonyl (C=O) groups is 1. The molecule has 1 unspecified atom stereocenters. The molecule has 0 radical (unpaired) electrons. The van der Waals surface area contributed by atoms with Crippen LogP contribution in [0.15, 0.2) is 47.4 Å². The summed E-state index contributed by atoms with van der Waals surface area (Å²) in [7, 11) is 1.11. The van der Waals surface area contributed by atoms with Crippen molar-refractivity contribution in [2.75, 3.05) is 7.11 Å². The van der Waals surface area contributed by atoms with Crippen LogP contribution in [0.3, 0.4) is 0 Å². The first-order chi connectivity index (χ1) is 11.6. The number of allylic oxidation sites excluding steroid dienone is 3. The molecule has 1 aromatic rings. The number of methoxy groups -OCH3 is 1. The fourth-order valence-corrected chi connectivity index (χ4v) is 2.88. The minimum atomic E-state index is -4.66. The van der Waals surface area contributed by atoms with E-state index in [0.29, 0.717) is 0 Å². The quantitative estimate of drug-likeness (QED) is 0.585. The molecule has 1 aliphatic rings. The summed E-state index contributed by atoms with van der Waals surface area (Å²) >= 11 is 0. The normalized spacial score (nSPS) is 18.1. The standard InChI is InChI=1S/C16H15F3N2O4/c1-9-8-12(11-6-4-5-7-13(11)16(17,18)19)14(21(23)24)10(2)20(9)15(22)25-3/h4-8,12H,1-3H3. The van der Waals surface area contributed by atoms with Crippen molar-refractivity contribution >= 4 is 6.09 Å². The Kier molecular flexibility index (Phi) is 4.87. The van der Waals surface area contributed by atoms with Gasteiger partial charge in [0, 0.05) is 5.70 Å². The van der Waals surface area contributed by atoms with Crippen LogP contribution in [0.2, 0.25) is 0 Å². The van der Waals surface area contributed by atoms with Gasteiger partial charge < -0.3 is 4.74 Å². The molecule has 1 aliphatic heterocycles. The zero-order valence-corrected chi connectivity index (χ0v) is 13.6. The third-order valence-corrected chi connectivity index (χ3v) is 3.92. The van der Waals surface area contributed by atoms with Crippen molar-refractivity contribution < 1.29 is 27.6 Å². The predicted octanol–water partition coefficient (Wildman–Crippen LogP) is 4.28. The van der Waals surface area contributed by atoms with Gasteiger partial charge in [-0.25, -0.2) is 9.69 Å². The van der Waals surface area contributed by atoms with E-state index in [2.05, 4.69) is 4.74 Å². The molecule has 0 saturated carbocycles. The fraction of sp³-hybridized carbons (Fsp3) is 0.312. The van der Waals surface area contributed by atoms with Crippen molar-refractivity contribution in [1.29, 1.82) is 0 Å². The summed E-state index contributed by atoms with van der Waals surface area (Å²) in [6, 6.07) is 4.67. The van der Waals surface area contributed by atoms with E-state index in [1.807, 2.05) is 0 Å². The summed E-state index contributed by atoms with van der Waals surface area (Å²) < 4.78 is 44.5. The third-order valence-electron chi connectivity index (χ3n) is 3.92. The summed E-state index contributed by atoms with van der Waals surface area (Å²) in [5, 5.41) is 11.5. The minimum Gasteiger partial charge on any atom is -0.452 e. The zero-order valence-electron chi connectivity index (χ0n) is 13.6. The van der Waals surface area contributed by atoms with Gasteiger partial charge in [-0.3, -0.25) is 10.1 Å². The molecule has 0 fully saturated rings. The van der Waals surface area contributed by atoms with E-state index in [4.69, 9.17) is 0 Å². The number of nitro groups is 1. The molecule has 0 bridgehead atoms. The van der Waals surface area contributed by atoms with E-state index in [1.54, 1.807) is 0 Å². The van der Waals surface area contributed by atoms with E-state index in [9.17, 15) is 28.1 Å². The molecule has 1 atom stereocenters. The number of hydrogen-bond donors (Lipinski definition) is 0. The lowest BCUT2D eigenvalue weighted by atomic mass is 9.87. The highest BCUT2D eigenvalue weighted by atomic mass is 19.4. The van der Waals surface area contributed by atoms with E-state index in [0.717, 1.165) is 18.1 Å². The summed E-state index contributed by atoms with van der Waals surface area (Å²) in [5.74, 6) is -1.24. The smallest absolute Gasteiger partial charge is 0.418 e. The van der Waals surface area contributed by atoms with Crippen LogP contribution in [0.25, 0.3) is 0 Å². The second-order valence-electron chi connectivity index (χ2n) is 5.40. The van der Waals surface area contributed by atoms with Crippen LogP contribution in [0, 0.1) is 10.1 Å². The summed E-state index contributed by atoms with van der Waals surface area (Å²) in [4.78, 5) is 23.6. The van der Waals surface area contributed by atoms with E-state index >= 15 is 0 Å². The first kappa shape index (κ1) is 18.5. The molecule has 0 N–H and O–H groups in total. The Bertz CT molecular complexity index is 784. The number of carbonyl (C=O) groups excluding carboxylic acids is 1. The summed E-state index contributed by atoms with van der Waals surface area (Å²) in [5.41, 5.74) is -1.55. The van der Waals surface area contributed by atoms with E-state index in [-0.39, 0.29) is 17.0 Å². The van der Waals surface area contributed by atoms with Gasteiger partial charge in [-0.1, -0.05) is 18.2 Å². The van der Waals surface area contributed by atoms with Crippen LogP contribution in [0.1, 0.15) is 30.9 Å². The largest absolute Gasteiger partial charge is 0.452 e. The average molecular weight is 356 g/mol.